The van der Waals surface area contributed by atoms with E-state index >= 15 is 0 Å². The molecule has 2 heteroatoms. The molecule has 1 aromatic heterocycles. The Balaban J connectivity index is 2.08. The van der Waals surface area contributed by atoms with Gasteiger partial charge in [0.05, 0.1) is 0 Å². The minimum atomic E-state index is 0.373. The molecule has 1 unspecified atom stereocenters. The molecular formula is C14H17NS. The predicted molar refractivity (Wildman–Crippen MR) is 72.2 cm³/mol. The number of thiophene rings is 1. The summed E-state index contributed by atoms with van der Waals surface area (Å²) in [4.78, 5) is 0. The lowest BCUT2D eigenvalue weighted by Crippen LogP contribution is -2.05. The van der Waals surface area contributed by atoms with Crippen LogP contribution in [0.1, 0.15) is 31.0 Å². The van der Waals surface area contributed by atoms with Crippen LogP contribution in [0.5, 0.6) is 0 Å². The van der Waals surface area contributed by atoms with Crippen molar-refractivity contribution in [2.24, 2.45) is 0 Å². The third-order valence-corrected chi connectivity index (χ3v) is 3.46. The van der Waals surface area contributed by atoms with Gasteiger partial charge >= 0.3 is 0 Å². The standard InChI is InChI=1S/C14H17NS/c1-3-12-5-4-6-14(9-12)15-11(2)13-7-8-16-10-13/h4-11,15H,3H2,1-2H3. The first kappa shape index (κ1) is 11.2. The molecule has 2 rings (SSSR count). The molecule has 16 heavy (non-hydrogen) atoms. The number of hydrogen-bond donors (Lipinski definition) is 1. The smallest absolute Gasteiger partial charge is 0.0493 e. The van der Waals surface area contributed by atoms with E-state index in [1.165, 1.54) is 16.8 Å². The third kappa shape index (κ3) is 2.64. The summed E-state index contributed by atoms with van der Waals surface area (Å²) in [5.41, 5.74) is 3.94. The van der Waals surface area contributed by atoms with Crippen LogP contribution in [0.3, 0.4) is 0 Å². The van der Waals surface area contributed by atoms with Crippen LogP contribution in [0, 0.1) is 0 Å². The molecule has 84 valence electrons. The minimum Gasteiger partial charge on any atom is -0.378 e. The summed E-state index contributed by atoms with van der Waals surface area (Å²) in [5, 5.41) is 7.84. The first-order valence-corrected chi connectivity index (χ1v) is 6.61. The number of anilines is 1. The first-order valence-electron chi connectivity index (χ1n) is 5.67. The predicted octanol–water partition coefficient (Wildman–Crippen LogP) is 4.48. The fraction of sp³-hybridized carbons (Fsp3) is 0.286. The molecule has 0 aliphatic rings. The monoisotopic (exact) mass is 231 g/mol. The number of rotatable bonds is 4. The summed E-state index contributed by atoms with van der Waals surface area (Å²) in [6.07, 6.45) is 1.09. The Hall–Kier alpha value is -1.28. The van der Waals surface area contributed by atoms with Crippen molar-refractivity contribution in [1.29, 1.82) is 0 Å². The zero-order valence-corrected chi connectivity index (χ0v) is 10.6. The molecule has 1 heterocycles. The molecule has 0 fully saturated rings. The molecule has 0 saturated carbocycles. The van der Waals surface area contributed by atoms with E-state index in [2.05, 4.69) is 60.3 Å². The van der Waals surface area contributed by atoms with Gasteiger partial charge < -0.3 is 5.32 Å². The molecule has 1 aromatic carbocycles. The molecule has 0 saturated heterocycles. The molecule has 0 bridgehead atoms. The lowest BCUT2D eigenvalue weighted by Gasteiger charge is -2.14. The van der Waals surface area contributed by atoms with Crippen molar-refractivity contribution in [1.82, 2.24) is 0 Å². The van der Waals surface area contributed by atoms with E-state index in [4.69, 9.17) is 0 Å². The van der Waals surface area contributed by atoms with E-state index in [1.807, 2.05) is 0 Å². The fourth-order valence-corrected chi connectivity index (χ4v) is 2.49. The highest BCUT2D eigenvalue weighted by atomic mass is 32.1. The van der Waals surface area contributed by atoms with Crippen LogP contribution in [0.15, 0.2) is 41.1 Å². The maximum absolute atomic E-state index is 3.53. The Labute approximate surface area is 101 Å². The molecule has 1 nitrogen and oxygen atoms in total. The van der Waals surface area contributed by atoms with E-state index in [0.29, 0.717) is 6.04 Å². The Morgan fingerprint density at radius 1 is 1.31 bits per heavy atom. The SMILES string of the molecule is CCc1cccc(NC(C)c2ccsc2)c1. The van der Waals surface area contributed by atoms with Crippen molar-refractivity contribution in [3.63, 3.8) is 0 Å². The molecule has 0 radical (unpaired) electrons. The van der Waals surface area contributed by atoms with Crippen molar-refractivity contribution in [2.75, 3.05) is 5.32 Å². The summed E-state index contributed by atoms with van der Waals surface area (Å²) < 4.78 is 0. The van der Waals surface area contributed by atoms with Gasteiger partial charge in [0.15, 0.2) is 0 Å². The maximum atomic E-state index is 3.53. The molecule has 0 amide bonds. The van der Waals surface area contributed by atoms with Gasteiger partial charge in [0, 0.05) is 11.7 Å². The van der Waals surface area contributed by atoms with Crippen LogP contribution < -0.4 is 5.32 Å². The molecular weight excluding hydrogens is 214 g/mol. The van der Waals surface area contributed by atoms with Crippen LogP contribution in [-0.4, -0.2) is 0 Å². The highest BCUT2D eigenvalue weighted by Crippen LogP contribution is 2.21. The fourth-order valence-electron chi connectivity index (χ4n) is 1.74. The van der Waals surface area contributed by atoms with Crippen LogP contribution in [0.2, 0.25) is 0 Å². The summed E-state index contributed by atoms with van der Waals surface area (Å²) in [5.74, 6) is 0. The average molecular weight is 231 g/mol. The van der Waals surface area contributed by atoms with Crippen molar-refractivity contribution in [3.05, 3.63) is 52.2 Å². The van der Waals surface area contributed by atoms with Gasteiger partial charge in [-0.25, -0.2) is 0 Å². The van der Waals surface area contributed by atoms with E-state index in [9.17, 15) is 0 Å². The van der Waals surface area contributed by atoms with E-state index in [0.717, 1.165) is 6.42 Å². The second-order valence-electron chi connectivity index (χ2n) is 3.98. The van der Waals surface area contributed by atoms with Gasteiger partial charge in [-0.2, -0.15) is 11.3 Å². The van der Waals surface area contributed by atoms with Crippen LogP contribution >= 0.6 is 11.3 Å². The average Bonchev–Trinajstić information content (AvgIpc) is 2.83. The molecule has 0 aliphatic heterocycles. The molecule has 1 atom stereocenters. The largest absolute Gasteiger partial charge is 0.378 e. The Kier molecular flexibility index (Phi) is 3.62. The summed E-state index contributed by atoms with van der Waals surface area (Å²) in [6, 6.07) is 11.2. The quantitative estimate of drug-likeness (QED) is 0.818. The molecule has 1 N–H and O–H groups in total. The Bertz CT molecular complexity index is 434. The number of hydrogen-bond acceptors (Lipinski definition) is 2. The number of benzene rings is 1. The van der Waals surface area contributed by atoms with Gasteiger partial charge in [0.2, 0.25) is 0 Å². The van der Waals surface area contributed by atoms with Crippen molar-refractivity contribution >= 4 is 17.0 Å². The van der Waals surface area contributed by atoms with Gasteiger partial charge in [-0.3, -0.25) is 0 Å². The zero-order valence-electron chi connectivity index (χ0n) is 9.73. The van der Waals surface area contributed by atoms with Gasteiger partial charge in [-0.05, 0) is 53.4 Å². The van der Waals surface area contributed by atoms with Crippen LogP contribution in [0.25, 0.3) is 0 Å². The van der Waals surface area contributed by atoms with Crippen molar-refractivity contribution in [2.45, 2.75) is 26.3 Å². The lowest BCUT2D eigenvalue weighted by molar-refractivity contribution is 0.889. The summed E-state index contributed by atoms with van der Waals surface area (Å²) in [7, 11) is 0. The maximum Gasteiger partial charge on any atom is 0.0493 e. The topological polar surface area (TPSA) is 12.0 Å². The molecule has 2 aromatic rings. The number of nitrogens with one attached hydrogen (secondary N) is 1. The highest BCUT2D eigenvalue weighted by molar-refractivity contribution is 7.07. The Morgan fingerprint density at radius 2 is 2.19 bits per heavy atom. The third-order valence-electron chi connectivity index (χ3n) is 2.76. The van der Waals surface area contributed by atoms with Gasteiger partial charge in [-0.15, -0.1) is 0 Å². The normalized spacial score (nSPS) is 12.4. The van der Waals surface area contributed by atoms with E-state index < -0.39 is 0 Å². The van der Waals surface area contributed by atoms with E-state index in [-0.39, 0.29) is 0 Å². The lowest BCUT2D eigenvalue weighted by atomic mass is 10.1. The molecule has 0 spiro atoms. The van der Waals surface area contributed by atoms with Gasteiger partial charge in [0.25, 0.3) is 0 Å². The number of aryl methyl sites for hydroxylation is 1. The minimum absolute atomic E-state index is 0.373. The molecule has 0 aliphatic carbocycles. The summed E-state index contributed by atoms with van der Waals surface area (Å²) >= 11 is 1.75. The van der Waals surface area contributed by atoms with Crippen LogP contribution in [-0.2, 0) is 6.42 Å². The highest BCUT2D eigenvalue weighted by Gasteiger charge is 2.05. The Morgan fingerprint density at radius 3 is 2.88 bits per heavy atom. The van der Waals surface area contributed by atoms with Crippen LogP contribution in [0.4, 0.5) is 5.69 Å². The van der Waals surface area contributed by atoms with Gasteiger partial charge in [-0.1, -0.05) is 19.1 Å². The van der Waals surface area contributed by atoms with Crippen molar-refractivity contribution < 1.29 is 0 Å². The van der Waals surface area contributed by atoms with Gasteiger partial charge in [0.1, 0.15) is 0 Å². The van der Waals surface area contributed by atoms with Crippen molar-refractivity contribution in [3.8, 4) is 0 Å². The van der Waals surface area contributed by atoms with E-state index in [1.54, 1.807) is 11.3 Å². The zero-order chi connectivity index (χ0) is 11.4. The summed E-state index contributed by atoms with van der Waals surface area (Å²) in [6.45, 7) is 4.38. The first-order chi connectivity index (χ1) is 7.79. The second-order valence-corrected chi connectivity index (χ2v) is 4.76. The second kappa shape index (κ2) is 5.17.